The molecule has 85 heavy (non-hydrogen) atoms. The van der Waals surface area contributed by atoms with Crippen LogP contribution in [0.5, 0.6) is 0 Å². The first-order valence-electron chi connectivity index (χ1n) is 28.1. The number of unbranched alkanes of at least 4 members (excludes halogenated alkanes) is 3. The lowest BCUT2D eigenvalue weighted by molar-refractivity contribution is -0.139. The van der Waals surface area contributed by atoms with E-state index in [4.69, 9.17) is 40.3 Å². The number of aromatic nitrogens is 1. The van der Waals surface area contributed by atoms with Crippen molar-refractivity contribution in [3.05, 3.63) is 93.7 Å². The van der Waals surface area contributed by atoms with Gasteiger partial charge in [-0.1, -0.05) is 49.0 Å². The minimum atomic E-state index is -1.31. The number of nitrogens with one attached hydrogen (secondary N) is 4. The van der Waals surface area contributed by atoms with Gasteiger partial charge in [-0.15, -0.1) is 0 Å². The first kappa shape index (κ1) is 70.0. The number of Topliss-reactive ketones (excluding diaryl/α,β-unsaturated/α-hetero) is 1. The SMILES string of the molecule is CC(=O)[C@@H](CCC(=O)O)NC(=O)N[C@H](CCCCN(Cc1ccc(Br)nc1)C(=O)c1ccc(CNC(=O)CCCCCC(=S)Nc2ccc(CC3CN(CC(N)=O)CCN(CC(N)=O)CCN(CC(N)=O)CCN3CC(N)=O)cc2)cc1)C(=O)O. The maximum absolute atomic E-state index is 13.9. The number of nitrogens with two attached hydrogens (primary N) is 4. The molecule has 3 atom stereocenters. The smallest absolute Gasteiger partial charge is 0.326 e. The van der Waals surface area contributed by atoms with Crippen LogP contribution >= 0.6 is 28.1 Å². The summed E-state index contributed by atoms with van der Waals surface area (Å²) in [6, 6.07) is 14.5. The summed E-state index contributed by atoms with van der Waals surface area (Å²) < 4.78 is 0.618. The summed E-state index contributed by atoms with van der Waals surface area (Å²) in [4.78, 5) is 137. The van der Waals surface area contributed by atoms with Crippen molar-refractivity contribution >= 4 is 98.0 Å². The van der Waals surface area contributed by atoms with Crippen molar-refractivity contribution in [3.63, 3.8) is 0 Å². The lowest BCUT2D eigenvalue weighted by Crippen LogP contribution is -2.54. The number of thiocarbonyl (C=S) groups is 1. The van der Waals surface area contributed by atoms with Crippen LogP contribution in [0.3, 0.4) is 0 Å². The highest BCUT2D eigenvalue weighted by Gasteiger charge is 2.28. The Hall–Kier alpha value is -7.50. The summed E-state index contributed by atoms with van der Waals surface area (Å²) in [7, 11) is 0. The summed E-state index contributed by atoms with van der Waals surface area (Å²) in [5.74, 6) is -5.44. The zero-order valence-electron chi connectivity index (χ0n) is 48.0. The topological polar surface area (TPSA) is 392 Å². The number of carboxylic acid groups (broad SMARTS) is 2. The molecule has 1 unspecified atom stereocenters. The van der Waals surface area contributed by atoms with Crippen LogP contribution in [0.4, 0.5) is 10.5 Å². The Balaban J connectivity index is 1.25. The quantitative estimate of drug-likeness (QED) is 0.0229. The molecular formula is C57H81BrN14O12S. The summed E-state index contributed by atoms with van der Waals surface area (Å²) in [5, 5.41) is 29.7. The number of carbonyl (C=O) groups is 10. The summed E-state index contributed by atoms with van der Waals surface area (Å²) in [6.45, 7) is 4.32. The number of amides is 8. The molecule has 2 heterocycles. The number of aliphatic carboxylic acids is 2. The van der Waals surface area contributed by atoms with Gasteiger partial charge in [-0.25, -0.2) is 14.6 Å². The highest BCUT2D eigenvalue weighted by Crippen LogP contribution is 2.19. The molecule has 1 aliphatic rings. The van der Waals surface area contributed by atoms with Gasteiger partial charge in [0.05, 0.1) is 37.2 Å². The van der Waals surface area contributed by atoms with Crippen LogP contribution in [0.15, 0.2) is 71.5 Å². The summed E-state index contributed by atoms with van der Waals surface area (Å²) in [5.41, 5.74) is 26.2. The van der Waals surface area contributed by atoms with E-state index in [2.05, 4.69) is 42.2 Å². The third kappa shape index (κ3) is 28.3. The average Bonchev–Trinajstić information content (AvgIpc) is 3.62. The molecule has 2 aromatic carbocycles. The van der Waals surface area contributed by atoms with Gasteiger partial charge in [0.15, 0.2) is 5.78 Å². The van der Waals surface area contributed by atoms with Gasteiger partial charge >= 0.3 is 18.0 Å². The lowest BCUT2D eigenvalue weighted by atomic mass is 10.0. The average molecular weight is 1270 g/mol. The molecule has 3 aromatic rings. The van der Waals surface area contributed by atoms with Gasteiger partial charge in [-0.3, -0.25) is 58.0 Å². The van der Waals surface area contributed by atoms with Crippen molar-refractivity contribution in [3.8, 4) is 0 Å². The Labute approximate surface area is 508 Å². The number of urea groups is 1. The number of pyridine rings is 1. The maximum Gasteiger partial charge on any atom is 0.326 e. The third-order valence-corrected chi connectivity index (χ3v) is 14.8. The Morgan fingerprint density at radius 3 is 1.80 bits per heavy atom. The van der Waals surface area contributed by atoms with E-state index in [1.807, 2.05) is 49.9 Å². The van der Waals surface area contributed by atoms with Gasteiger partial charge in [0.25, 0.3) is 5.91 Å². The minimum Gasteiger partial charge on any atom is -0.481 e. The summed E-state index contributed by atoms with van der Waals surface area (Å²) in [6.07, 6.45) is 5.33. The van der Waals surface area contributed by atoms with E-state index in [9.17, 15) is 53.1 Å². The van der Waals surface area contributed by atoms with Crippen LogP contribution in [-0.2, 0) is 57.9 Å². The normalized spacial score (nSPS) is 15.4. The molecule has 1 aromatic heterocycles. The Morgan fingerprint density at radius 1 is 0.659 bits per heavy atom. The molecule has 14 N–H and O–H groups in total. The van der Waals surface area contributed by atoms with E-state index in [1.165, 1.54) is 6.92 Å². The van der Waals surface area contributed by atoms with E-state index < -0.39 is 59.5 Å². The largest absolute Gasteiger partial charge is 0.481 e. The highest BCUT2D eigenvalue weighted by atomic mass is 79.9. The van der Waals surface area contributed by atoms with Gasteiger partial charge in [0.1, 0.15) is 10.6 Å². The van der Waals surface area contributed by atoms with Crippen LogP contribution in [-0.4, -0.2) is 201 Å². The number of rotatable bonds is 34. The van der Waals surface area contributed by atoms with Crippen molar-refractivity contribution in [1.29, 1.82) is 0 Å². The zero-order chi connectivity index (χ0) is 62.4. The monoisotopic (exact) mass is 1260 g/mol. The molecule has 0 saturated carbocycles. The number of hydrogen-bond donors (Lipinski definition) is 10. The van der Waals surface area contributed by atoms with Crippen LogP contribution < -0.4 is 44.2 Å². The molecule has 4 rings (SSSR count). The standard InChI is InChI=1S/C57H81BrN14O12S/c1-38(73)45(19-21-54(79)80)66-57(84)67-46(56(82)83)7-5-6-22-72(32-41-14-20-47(58)63-31-41)55(81)42-15-10-40(11-16-42)30-64-52(78)8-3-2-4-9-53(85)65-43-17-12-39(13-18-43)29-44-33-70(36-50(61)76)26-25-68(34-48(59)74)23-24-69(35-49(60)75)27-28-71(44)37-51(62)77/h10-18,20,31,44-46H,2-9,19,21-30,32-37H2,1H3,(H2,59,74)(H2,60,75)(H2,61,76)(H2,62,77)(H,64,78)(H,65,85)(H,79,80)(H,82,83)(H2,66,67,84)/t44?,45-,46-/m1/s1. The second-order valence-electron chi connectivity index (χ2n) is 21.1. The number of nitrogens with zero attached hydrogens (tertiary/aromatic N) is 6. The van der Waals surface area contributed by atoms with Gasteiger partial charge in [0, 0.05) is 102 Å². The Bertz CT molecular complexity index is 2750. The fourth-order valence-electron chi connectivity index (χ4n) is 9.56. The van der Waals surface area contributed by atoms with E-state index in [0.717, 1.165) is 35.2 Å². The number of primary amides is 4. The number of benzene rings is 2. The van der Waals surface area contributed by atoms with Crippen molar-refractivity contribution in [2.45, 2.75) is 109 Å². The molecule has 0 spiro atoms. The van der Waals surface area contributed by atoms with Gasteiger partial charge in [0.2, 0.25) is 29.5 Å². The molecule has 0 aliphatic carbocycles. The highest BCUT2D eigenvalue weighted by molar-refractivity contribution is 9.10. The molecule has 0 bridgehead atoms. The number of halogens is 1. The number of ketones is 1. The Morgan fingerprint density at radius 2 is 1.22 bits per heavy atom. The second kappa shape index (κ2) is 37.0. The molecule has 1 saturated heterocycles. The predicted octanol–water partition coefficient (Wildman–Crippen LogP) is 1.31. The number of carboxylic acids is 2. The van der Waals surface area contributed by atoms with Crippen molar-refractivity contribution in [1.82, 2.24) is 45.4 Å². The predicted molar refractivity (Wildman–Crippen MR) is 324 cm³/mol. The Kier molecular flexibility index (Phi) is 30.5. The summed E-state index contributed by atoms with van der Waals surface area (Å²) >= 11 is 8.99. The molecule has 28 heteroatoms. The molecule has 26 nitrogen and oxygen atoms in total. The molecule has 1 fully saturated rings. The molecule has 464 valence electrons. The molecule has 0 radical (unpaired) electrons. The first-order valence-corrected chi connectivity index (χ1v) is 29.3. The van der Waals surface area contributed by atoms with Crippen molar-refractivity contribution in [2.24, 2.45) is 22.9 Å². The number of hydrogen-bond acceptors (Lipinski definition) is 16. The zero-order valence-corrected chi connectivity index (χ0v) is 50.4. The second-order valence-corrected chi connectivity index (χ2v) is 22.4. The molecule has 1 aliphatic heterocycles. The van der Waals surface area contributed by atoms with E-state index in [-0.39, 0.29) is 82.9 Å². The maximum atomic E-state index is 13.9. The first-order chi connectivity index (χ1) is 40.4. The molecule has 8 amide bonds. The van der Waals surface area contributed by atoms with E-state index >= 15 is 0 Å². The van der Waals surface area contributed by atoms with Gasteiger partial charge < -0.3 is 59.3 Å². The minimum absolute atomic E-state index is 0.0131. The molecular weight excluding hydrogens is 1180 g/mol. The number of anilines is 1. The fraction of sp³-hybridized carbons (Fsp3) is 0.509. The van der Waals surface area contributed by atoms with Crippen LogP contribution in [0.25, 0.3) is 0 Å². The van der Waals surface area contributed by atoms with Crippen molar-refractivity contribution < 1.29 is 58.2 Å². The van der Waals surface area contributed by atoms with Crippen LogP contribution in [0, 0.1) is 0 Å². The fourth-order valence-corrected chi connectivity index (χ4v) is 10.1. The van der Waals surface area contributed by atoms with Gasteiger partial charge in [-0.2, -0.15) is 0 Å². The van der Waals surface area contributed by atoms with Crippen molar-refractivity contribution in [2.75, 3.05) is 83.9 Å². The lowest BCUT2D eigenvalue weighted by Gasteiger charge is -2.38. The van der Waals surface area contributed by atoms with E-state index in [1.54, 1.807) is 41.4 Å². The third-order valence-electron chi connectivity index (χ3n) is 14.0. The van der Waals surface area contributed by atoms with Crippen LogP contribution in [0.2, 0.25) is 0 Å². The van der Waals surface area contributed by atoms with E-state index in [0.29, 0.717) is 99.5 Å². The number of carbonyl (C=O) groups excluding carboxylic acids is 8. The van der Waals surface area contributed by atoms with Crippen LogP contribution in [0.1, 0.15) is 98.2 Å². The van der Waals surface area contributed by atoms with Gasteiger partial charge in [-0.05, 0) is 121 Å².